The first-order chi connectivity index (χ1) is 15.9. The Labute approximate surface area is 194 Å². The van der Waals surface area contributed by atoms with Gasteiger partial charge in [0.05, 0.1) is 5.69 Å². The first kappa shape index (κ1) is 20.6. The second kappa shape index (κ2) is 7.70. The molecule has 0 atom stereocenters. The number of benzene rings is 1. The molecule has 0 aliphatic rings. The number of fused-ring (bicyclic) bond motifs is 1. The lowest BCUT2D eigenvalue weighted by Crippen LogP contribution is -2.41. The number of aromatic nitrogens is 3. The van der Waals surface area contributed by atoms with Gasteiger partial charge in [0, 0.05) is 28.0 Å². The number of carbonyl (C=O) groups excluding carboxylic acids is 1. The third-order valence-corrected chi connectivity index (χ3v) is 7.13. The average Bonchev–Trinajstić information content (AvgIpc) is 3.53. The van der Waals surface area contributed by atoms with Crippen LogP contribution < -0.4 is 21.8 Å². The van der Waals surface area contributed by atoms with E-state index in [1.165, 1.54) is 16.0 Å². The summed E-state index contributed by atoms with van der Waals surface area (Å²) in [6, 6.07) is 13.0. The fourth-order valence-corrected chi connectivity index (χ4v) is 5.40. The largest absolute Gasteiger partial charge is 0.439 e. The predicted molar refractivity (Wildman–Crippen MR) is 126 cm³/mol. The molecule has 0 bridgehead atoms. The van der Waals surface area contributed by atoms with E-state index in [9.17, 15) is 14.9 Å². The molecule has 9 nitrogen and oxygen atoms in total. The molecule has 0 spiro atoms. The molecule has 4 heterocycles. The number of pyridine rings is 1. The minimum absolute atomic E-state index is 0.0459. The molecule has 0 aliphatic carbocycles. The molecule has 1 aromatic carbocycles. The van der Waals surface area contributed by atoms with E-state index in [0.29, 0.717) is 21.5 Å². The average molecular weight is 476 g/mol. The van der Waals surface area contributed by atoms with Gasteiger partial charge in [-0.3, -0.25) is 9.32 Å². The zero-order chi connectivity index (χ0) is 23.3. The van der Waals surface area contributed by atoms with Crippen molar-refractivity contribution in [3.63, 3.8) is 0 Å². The lowest BCUT2D eigenvalue weighted by molar-refractivity contribution is -0.672. The van der Waals surface area contributed by atoms with Crippen molar-refractivity contribution in [1.29, 1.82) is 5.26 Å². The van der Waals surface area contributed by atoms with Crippen molar-refractivity contribution in [3.8, 4) is 22.2 Å². The van der Waals surface area contributed by atoms with E-state index in [1.54, 1.807) is 12.1 Å². The molecular formula is C22H15N6O3S2+. The highest BCUT2D eigenvalue weighted by Crippen LogP contribution is 2.44. The normalized spacial score (nSPS) is 11.0. The van der Waals surface area contributed by atoms with Gasteiger partial charge in [0.2, 0.25) is 5.69 Å². The predicted octanol–water partition coefficient (Wildman–Crippen LogP) is 3.16. The fourth-order valence-electron chi connectivity index (χ4n) is 3.57. The van der Waals surface area contributed by atoms with Gasteiger partial charge in [-0.1, -0.05) is 23.8 Å². The van der Waals surface area contributed by atoms with Crippen molar-refractivity contribution in [2.45, 2.75) is 6.92 Å². The highest BCUT2D eigenvalue weighted by atomic mass is 32.1. The Morgan fingerprint density at radius 2 is 2.00 bits per heavy atom. The number of nitrogens with zero attached hydrogens (tertiary/aromatic N) is 3. The van der Waals surface area contributed by atoms with E-state index in [1.807, 2.05) is 36.6 Å². The van der Waals surface area contributed by atoms with Crippen molar-refractivity contribution in [2.75, 3.05) is 11.5 Å². The SMILES string of the molecule is Cc1ccc(-[n+]2[nH]oc(=O)c2C(=O)c2sc3nc(N)c(C#N)c(-c4cccs4)c3c2N)cc1. The number of nitrogens with two attached hydrogens (primary N) is 2. The number of nitrogens with one attached hydrogen (secondary N) is 1. The Balaban J connectivity index is 1.74. The molecule has 0 saturated carbocycles. The number of nitrogen functional groups attached to an aromatic ring is 2. The number of aryl methyl sites for hydroxylation is 1. The van der Waals surface area contributed by atoms with Gasteiger partial charge >= 0.3 is 11.3 Å². The zero-order valence-electron chi connectivity index (χ0n) is 17.1. The van der Waals surface area contributed by atoms with Crippen LogP contribution in [0.5, 0.6) is 0 Å². The minimum atomic E-state index is -0.832. The minimum Gasteiger partial charge on any atom is -0.397 e. The summed E-state index contributed by atoms with van der Waals surface area (Å²) in [6.07, 6.45) is 0. The number of anilines is 2. The Bertz CT molecular complexity index is 1640. The molecule has 0 radical (unpaired) electrons. The third-order valence-electron chi connectivity index (χ3n) is 5.14. The summed E-state index contributed by atoms with van der Waals surface area (Å²) < 4.78 is 6.20. The number of aromatic amines is 1. The monoisotopic (exact) mass is 475 g/mol. The van der Waals surface area contributed by atoms with Crippen LogP contribution in [-0.2, 0) is 0 Å². The van der Waals surface area contributed by atoms with Crippen molar-refractivity contribution in [2.24, 2.45) is 0 Å². The summed E-state index contributed by atoms with van der Waals surface area (Å²) in [5.74, 6) is -0.579. The van der Waals surface area contributed by atoms with Gasteiger partial charge in [0.15, 0.2) is 0 Å². The van der Waals surface area contributed by atoms with E-state index < -0.39 is 11.4 Å². The molecule has 0 fully saturated rings. The van der Waals surface area contributed by atoms with Crippen molar-refractivity contribution < 1.29 is 14.0 Å². The Kier molecular flexibility index (Phi) is 4.81. The fraction of sp³-hybridized carbons (Fsp3) is 0.0455. The Hall–Kier alpha value is -4.27. The number of hydrogen-bond donors (Lipinski definition) is 3. The van der Waals surface area contributed by atoms with Gasteiger partial charge in [-0.2, -0.15) is 5.26 Å². The highest BCUT2D eigenvalue weighted by Gasteiger charge is 2.35. The van der Waals surface area contributed by atoms with E-state index in [2.05, 4.69) is 16.3 Å². The highest BCUT2D eigenvalue weighted by molar-refractivity contribution is 7.21. The molecule has 5 N–H and O–H groups in total. The van der Waals surface area contributed by atoms with Gasteiger partial charge in [0.25, 0.3) is 5.78 Å². The molecule has 0 amide bonds. The van der Waals surface area contributed by atoms with Crippen LogP contribution in [0.4, 0.5) is 11.5 Å². The van der Waals surface area contributed by atoms with Crippen LogP contribution in [0.2, 0.25) is 0 Å². The summed E-state index contributed by atoms with van der Waals surface area (Å²) in [5.41, 5.74) is 13.8. The number of carbonyl (C=O) groups is 1. The maximum atomic E-state index is 13.5. The molecule has 5 rings (SSSR count). The van der Waals surface area contributed by atoms with Crippen LogP contribution in [0.15, 0.2) is 51.1 Å². The first-order valence-corrected chi connectivity index (χ1v) is 11.3. The van der Waals surface area contributed by atoms with Gasteiger partial charge in [0.1, 0.15) is 27.2 Å². The molecule has 162 valence electrons. The topological polar surface area (TPSA) is 156 Å². The molecule has 0 unspecified atom stereocenters. The number of rotatable bonds is 4. The smallest absolute Gasteiger partial charge is 0.397 e. The second-order valence-corrected chi connectivity index (χ2v) is 9.14. The van der Waals surface area contributed by atoms with Crippen LogP contribution in [0.25, 0.3) is 26.3 Å². The van der Waals surface area contributed by atoms with E-state index in [-0.39, 0.29) is 27.6 Å². The van der Waals surface area contributed by atoms with Crippen LogP contribution >= 0.6 is 22.7 Å². The van der Waals surface area contributed by atoms with Gasteiger partial charge in [-0.05, 0) is 28.3 Å². The van der Waals surface area contributed by atoms with Gasteiger partial charge in [-0.25, -0.2) is 9.78 Å². The summed E-state index contributed by atoms with van der Waals surface area (Å²) >= 11 is 2.42. The number of nitriles is 1. The van der Waals surface area contributed by atoms with E-state index in [4.69, 9.17) is 16.0 Å². The molecule has 11 heteroatoms. The first-order valence-electron chi connectivity index (χ1n) is 9.61. The summed E-state index contributed by atoms with van der Waals surface area (Å²) in [6.45, 7) is 1.93. The number of H-pyrrole nitrogens is 1. The molecule has 0 aliphatic heterocycles. The standard InChI is InChI=1S/C22H14N6O3S2/c1-10-4-6-11(7-5-10)28-17(22(30)31-27-28)18(29)19-16(24)15-14(13-3-2-8-32-13)12(9-23)20(25)26-21(15)33-19/h2-8H,1H3,(H4-,24,25,26,27,29,30)/p+1. The number of ketones is 1. The Morgan fingerprint density at radius 1 is 1.24 bits per heavy atom. The molecule has 33 heavy (non-hydrogen) atoms. The Morgan fingerprint density at radius 3 is 2.67 bits per heavy atom. The van der Waals surface area contributed by atoms with Crippen LogP contribution in [-0.4, -0.2) is 16.0 Å². The third kappa shape index (κ3) is 3.20. The van der Waals surface area contributed by atoms with Gasteiger partial charge < -0.3 is 11.5 Å². The molecule has 5 aromatic rings. The molecule has 0 saturated heterocycles. The van der Waals surface area contributed by atoms with E-state index in [0.717, 1.165) is 21.8 Å². The van der Waals surface area contributed by atoms with E-state index >= 15 is 0 Å². The van der Waals surface area contributed by atoms with Crippen LogP contribution in [0, 0.1) is 18.3 Å². The number of hydrogen-bond acceptors (Lipinski definition) is 9. The summed E-state index contributed by atoms with van der Waals surface area (Å²) in [4.78, 5) is 31.6. The summed E-state index contributed by atoms with van der Waals surface area (Å²) in [5, 5.41) is 14.5. The lowest BCUT2D eigenvalue weighted by atomic mass is 10.0. The van der Waals surface area contributed by atoms with Crippen molar-refractivity contribution in [1.82, 2.24) is 10.3 Å². The second-order valence-electron chi connectivity index (χ2n) is 7.19. The molecular weight excluding hydrogens is 460 g/mol. The summed E-state index contributed by atoms with van der Waals surface area (Å²) in [7, 11) is 0. The quantitative estimate of drug-likeness (QED) is 0.266. The van der Waals surface area contributed by atoms with Gasteiger partial charge in [-0.15, -0.1) is 22.7 Å². The maximum Gasteiger partial charge on any atom is 0.439 e. The lowest BCUT2D eigenvalue weighted by Gasteiger charge is -2.07. The van der Waals surface area contributed by atoms with Crippen molar-refractivity contribution in [3.05, 3.63) is 73.9 Å². The van der Waals surface area contributed by atoms with Crippen LogP contribution in [0.1, 0.15) is 26.5 Å². The molecule has 4 aromatic heterocycles. The maximum absolute atomic E-state index is 13.5. The number of thiophene rings is 2. The van der Waals surface area contributed by atoms with Crippen LogP contribution in [0.3, 0.4) is 0 Å². The zero-order valence-corrected chi connectivity index (χ0v) is 18.7. The van der Waals surface area contributed by atoms with Crippen molar-refractivity contribution >= 4 is 50.2 Å².